The summed E-state index contributed by atoms with van der Waals surface area (Å²) in [6, 6.07) is 9.70. The Morgan fingerprint density at radius 3 is 2.28 bits per heavy atom. The standard InChI is InChI=1S/C14H20O3S/c15-18(16,17)11-14(12-7-3-1-4-8-12)13-9-5-2-6-10-13/h1,3-4,7-8,13-14H,2,5-6,9-11H2,(H,15,16,17). The quantitative estimate of drug-likeness (QED) is 0.853. The molecule has 0 radical (unpaired) electrons. The Bertz CT molecular complexity index is 461. The van der Waals surface area contributed by atoms with Gasteiger partial charge in [0.25, 0.3) is 10.1 Å². The lowest BCUT2D eigenvalue weighted by molar-refractivity contribution is 0.313. The Morgan fingerprint density at radius 2 is 1.72 bits per heavy atom. The molecule has 1 fully saturated rings. The Morgan fingerprint density at radius 1 is 1.11 bits per heavy atom. The van der Waals surface area contributed by atoms with E-state index in [4.69, 9.17) is 4.55 Å². The highest BCUT2D eigenvalue weighted by Gasteiger charge is 2.28. The average molecular weight is 268 g/mol. The second-order valence-corrected chi connectivity index (χ2v) is 6.66. The predicted molar refractivity (Wildman–Crippen MR) is 72.2 cm³/mol. The van der Waals surface area contributed by atoms with Crippen molar-refractivity contribution in [2.24, 2.45) is 5.92 Å². The van der Waals surface area contributed by atoms with E-state index >= 15 is 0 Å². The third-order valence-corrected chi connectivity index (χ3v) is 4.62. The summed E-state index contributed by atoms with van der Waals surface area (Å²) in [5, 5.41) is 0. The Kier molecular flexibility index (Phi) is 4.40. The van der Waals surface area contributed by atoms with Gasteiger partial charge < -0.3 is 0 Å². The van der Waals surface area contributed by atoms with Crippen molar-refractivity contribution in [3.63, 3.8) is 0 Å². The van der Waals surface area contributed by atoms with Crippen LogP contribution in [0.5, 0.6) is 0 Å². The second-order valence-electron chi connectivity index (χ2n) is 5.16. The van der Waals surface area contributed by atoms with Gasteiger partial charge in [0.15, 0.2) is 0 Å². The van der Waals surface area contributed by atoms with Crippen LogP contribution in [0.2, 0.25) is 0 Å². The molecule has 18 heavy (non-hydrogen) atoms. The summed E-state index contributed by atoms with van der Waals surface area (Å²) >= 11 is 0. The van der Waals surface area contributed by atoms with E-state index < -0.39 is 10.1 Å². The van der Waals surface area contributed by atoms with Gasteiger partial charge in [0, 0.05) is 5.92 Å². The van der Waals surface area contributed by atoms with E-state index in [1.165, 1.54) is 19.3 Å². The van der Waals surface area contributed by atoms with Gasteiger partial charge in [0.1, 0.15) is 0 Å². The minimum Gasteiger partial charge on any atom is -0.286 e. The highest BCUT2D eigenvalue weighted by atomic mass is 32.2. The lowest BCUT2D eigenvalue weighted by Crippen LogP contribution is -2.23. The van der Waals surface area contributed by atoms with Crippen LogP contribution in [0.15, 0.2) is 30.3 Å². The van der Waals surface area contributed by atoms with Gasteiger partial charge in [0.05, 0.1) is 5.75 Å². The number of benzene rings is 1. The molecule has 0 saturated heterocycles. The minimum atomic E-state index is -3.92. The molecule has 100 valence electrons. The smallest absolute Gasteiger partial charge is 0.265 e. The first-order valence-electron chi connectivity index (χ1n) is 6.56. The monoisotopic (exact) mass is 268 g/mol. The van der Waals surface area contributed by atoms with E-state index in [9.17, 15) is 8.42 Å². The van der Waals surface area contributed by atoms with Gasteiger partial charge in [0.2, 0.25) is 0 Å². The normalized spacial score (nSPS) is 19.6. The van der Waals surface area contributed by atoms with Crippen LogP contribution in [0, 0.1) is 5.92 Å². The zero-order valence-corrected chi connectivity index (χ0v) is 11.3. The van der Waals surface area contributed by atoms with Crippen molar-refractivity contribution in [1.82, 2.24) is 0 Å². The van der Waals surface area contributed by atoms with Crippen molar-refractivity contribution < 1.29 is 13.0 Å². The zero-order valence-electron chi connectivity index (χ0n) is 10.5. The molecule has 3 nitrogen and oxygen atoms in total. The van der Waals surface area contributed by atoms with Crippen molar-refractivity contribution in [1.29, 1.82) is 0 Å². The SMILES string of the molecule is O=S(=O)(O)CC(c1ccccc1)C1CCCCC1. The molecule has 1 unspecified atom stereocenters. The third kappa shape index (κ3) is 3.82. The molecule has 0 amide bonds. The highest BCUT2D eigenvalue weighted by Crippen LogP contribution is 2.36. The largest absolute Gasteiger partial charge is 0.286 e. The van der Waals surface area contributed by atoms with E-state index in [2.05, 4.69) is 0 Å². The molecule has 1 aliphatic rings. The van der Waals surface area contributed by atoms with E-state index in [0.717, 1.165) is 18.4 Å². The van der Waals surface area contributed by atoms with Gasteiger partial charge in [-0.15, -0.1) is 0 Å². The van der Waals surface area contributed by atoms with E-state index in [-0.39, 0.29) is 11.7 Å². The van der Waals surface area contributed by atoms with Crippen LogP contribution in [-0.4, -0.2) is 18.7 Å². The maximum absolute atomic E-state index is 11.2. The van der Waals surface area contributed by atoms with Crippen molar-refractivity contribution >= 4 is 10.1 Å². The summed E-state index contributed by atoms with van der Waals surface area (Å²) in [4.78, 5) is 0. The molecule has 0 heterocycles. The van der Waals surface area contributed by atoms with Crippen LogP contribution in [0.25, 0.3) is 0 Å². The molecule has 1 aliphatic carbocycles. The summed E-state index contributed by atoms with van der Waals surface area (Å²) in [6.45, 7) is 0. The first-order chi connectivity index (χ1) is 8.56. The predicted octanol–water partition coefficient (Wildman–Crippen LogP) is 3.24. The molecule has 0 aromatic heterocycles. The topological polar surface area (TPSA) is 54.4 Å². The summed E-state index contributed by atoms with van der Waals surface area (Å²) in [5.74, 6) is 0.159. The fraction of sp³-hybridized carbons (Fsp3) is 0.571. The van der Waals surface area contributed by atoms with Crippen LogP contribution in [-0.2, 0) is 10.1 Å². The summed E-state index contributed by atoms with van der Waals surface area (Å²) in [5.41, 5.74) is 1.03. The molecule has 0 aliphatic heterocycles. The van der Waals surface area contributed by atoms with Crippen molar-refractivity contribution in [2.75, 3.05) is 5.75 Å². The minimum absolute atomic E-state index is 0.0681. The summed E-state index contributed by atoms with van der Waals surface area (Å²) in [7, 11) is -3.92. The second kappa shape index (κ2) is 5.85. The maximum atomic E-state index is 11.2. The van der Waals surface area contributed by atoms with Gasteiger partial charge in [-0.2, -0.15) is 8.42 Å². The third-order valence-electron chi connectivity index (χ3n) is 3.84. The fourth-order valence-electron chi connectivity index (χ4n) is 2.97. The van der Waals surface area contributed by atoms with E-state index in [1.807, 2.05) is 30.3 Å². The maximum Gasteiger partial charge on any atom is 0.265 e. The number of rotatable bonds is 4. The lowest BCUT2D eigenvalue weighted by atomic mass is 9.78. The molecular formula is C14H20O3S. The molecule has 1 saturated carbocycles. The number of hydrogen-bond donors (Lipinski definition) is 1. The van der Waals surface area contributed by atoms with Gasteiger partial charge in [-0.25, -0.2) is 0 Å². The molecule has 1 atom stereocenters. The lowest BCUT2D eigenvalue weighted by Gasteiger charge is -2.29. The molecular weight excluding hydrogens is 248 g/mol. The highest BCUT2D eigenvalue weighted by molar-refractivity contribution is 7.85. The molecule has 1 aromatic rings. The van der Waals surface area contributed by atoms with Crippen LogP contribution in [0.1, 0.15) is 43.6 Å². The van der Waals surface area contributed by atoms with Gasteiger partial charge in [-0.05, 0) is 24.3 Å². The van der Waals surface area contributed by atoms with E-state index in [1.54, 1.807) is 0 Å². The van der Waals surface area contributed by atoms with Crippen molar-refractivity contribution in [3.8, 4) is 0 Å². The first kappa shape index (κ1) is 13.6. The first-order valence-corrected chi connectivity index (χ1v) is 8.17. The summed E-state index contributed by atoms with van der Waals surface area (Å²) < 4.78 is 31.6. The van der Waals surface area contributed by atoms with Crippen LogP contribution in [0.4, 0.5) is 0 Å². The zero-order chi connectivity index (χ0) is 13.0. The molecule has 1 aromatic carbocycles. The molecule has 0 spiro atoms. The Balaban J connectivity index is 2.22. The number of hydrogen-bond acceptors (Lipinski definition) is 2. The Labute approximate surface area is 109 Å². The van der Waals surface area contributed by atoms with E-state index in [0.29, 0.717) is 5.92 Å². The van der Waals surface area contributed by atoms with Gasteiger partial charge in [-0.1, -0.05) is 49.6 Å². The van der Waals surface area contributed by atoms with Crippen molar-refractivity contribution in [3.05, 3.63) is 35.9 Å². The molecule has 0 bridgehead atoms. The summed E-state index contributed by atoms with van der Waals surface area (Å²) in [6.07, 6.45) is 5.70. The van der Waals surface area contributed by atoms with Crippen LogP contribution in [0.3, 0.4) is 0 Å². The molecule has 1 N–H and O–H groups in total. The molecule has 4 heteroatoms. The van der Waals surface area contributed by atoms with Crippen LogP contribution < -0.4 is 0 Å². The fourth-order valence-corrected chi connectivity index (χ4v) is 3.89. The van der Waals surface area contributed by atoms with Gasteiger partial charge >= 0.3 is 0 Å². The average Bonchev–Trinajstić information content (AvgIpc) is 2.37. The Hall–Kier alpha value is -0.870. The molecule has 2 rings (SSSR count). The van der Waals surface area contributed by atoms with Gasteiger partial charge in [-0.3, -0.25) is 4.55 Å². The van der Waals surface area contributed by atoms with Crippen molar-refractivity contribution in [2.45, 2.75) is 38.0 Å². The van der Waals surface area contributed by atoms with Crippen LogP contribution >= 0.6 is 0 Å².